The maximum absolute atomic E-state index is 14.7. The molecule has 0 aromatic carbocycles. The second-order valence-corrected chi connectivity index (χ2v) is 15.1. The van der Waals surface area contributed by atoms with Crippen molar-refractivity contribution in [2.45, 2.75) is 96.8 Å². The number of aromatic hydroxyl groups is 1. The zero-order valence-corrected chi connectivity index (χ0v) is 29.7. The van der Waals surface area contributed by atoms with Crippen molar-refractivity contribution in [2.75, 3.05) is 25.1 Å². The topological polar surface area (TPSA) is 173 Å². The predicted octanol–water partition coefficient (Wildman–Crippen LogP) is 2.93. The lowest BCUT2D eigenvalue weighted by Gasteiger charge is -2.72. The molecular weight excluding hydrogens is 652 g/mol. The standard InChI is InChI=1S/C36H44N10O5/c1-6-23-30(43-12-13-44(25-9-7-8-24(25)43)34(50)29-31(48)21(4)38-19-39-29)32(49)28-33(42-46(41-28)22-10-11-37-27(14-22)51-5)45(23)15-26(47)40-36-16-35(17-36,18-36)20(2)3/h10-11,14,19-20,24-25,48H,6-9,12-13,15-18H2,1-5H3,(H,40,47)/t24-,25?,35?,36?/m1/s1. The lowest BCUT2D eigenvalue weighted by Crippen LogP contribution is -2.76. The van der Waals surface area contributed by atoms with Gasteiger partial charge in [0.05, 0.1) is 24.5 Å². The quantitative estimate of drug-likeness (QED) is 0.264. The number of fused-ring (bicyclic) bond motifs is 2. The molecule has 4 aromatic rings. The normalized spacial score (nSPS) is 25.1. The molecule has 1 unspecified atom stereocenters. The fraction of sp³-hybridized carbons (Fsp3) is 0.556. The first-order valence-electron chi connectivity index (χ1n) is 17.9. The third-order valence-corrected chi connectivity index (χ3v) is 12.0. The minimum atomic E-state index is -0.349. The number of rotatable bonds is 9. The van der Waals surface area contributed by atoms with Gasteiger partial charge >= 0.3 is 0 Å². The van der Waals surface area contributed by atoms with Crippen LogP contribution in [0.4, 0.5) is 5.69 Å². The highest BCUT2D eigenvalue weighted by Crippen LogP contribution is 2.70. The van der Waals surface area contributed by atoms with E-state index in [4.69, 9.17) is 14.9 Å². The summed E-state index contributed by atoms with van der Waals surface area (Å²) in [5, 5.41) is 23.5. The van der Waals surface area contributed by atoms with Gasteiger partial charge in [0, 0.05) is 42.6 Å². The number of pyridine rings is 2. The van der Waals surface area contributed by atoms with Crippen molar-refractivity contribution >= 4 is 28.7 Å². The summed E-state index contributed by atoms with van der Waals surface area (Å²) in [4.78, 5) is 60.0. The highest BCUT2D eigenvalue weighted by atomic mass is 16.5. The summed E-state index contributed by atoms with van der Waals surface area (Å²) in [5.74, 6) is 0.274. The summed E-state index contributed by atoms with van der Waals surface area (Å²) in [6, 6.07) is 3.06. The number of aryl methyl sites for hydroxylation is 1. The van der Waals surface area contributed by atoms with Crippen LogP contribution in [0.1, 0.15) is 81.2 Å². The van der Waals surface area contributed by atoms with Crippen molar-refractivity contribution in [3.63, 3.8) is 0 Å². The molecule has 5 heterocycles. The van der Waals surface area contributed by atoms with Crippen LogP contribution in [0, 0.1) is 18.3 Å². The maximum Gasteiger partial charge on any atom is 0.276 e. The van der Waals surface area contributed by atoms with Crippen molar-refractivity contribution < 1.29 is 19.4 Å². The van der Waals surface area contributed by atoms with Crippen LogP contribution < -0.4 is 20.4 Å². The lowest BCUT2D eigenvalue weighted by atomic mass is 9.36. The highest BCUT2D eigenvalue weighted by Gasteiger charge is 2.69. The van der Waals surface area contributed by atoms with Crippen molar-refractivity contribution in [3.05, 3.63) is 52.0 Å². The van der Waals surface area contributed by atoms with E-state index in [1.807, 2.05) is 11.5 Å². The molecule has 0 radical (unpaired) electrons. The minimum Gasteiger partial charge on any atom is -0.504 e. The van der Waals surface area contributed by atoms with Crippen molar-refractivity contribution in [1.82, 2.24) is 44.7 Å². The van der Waals surface area contributed by atoms with Gasteiger partial charge in [-0.3, -0.25) is 14.4 Å². The second kappa shape index (κ2) is 12.0. The van der Waals surface area contributed by atoms with E-state index < -0.39 is 0 Å². The molecule has 4 aliphatic carbocycles. The Labute approximate surface area is 295 Å². The van der Waals surface area contributed by atoms with Crippen LogP contribution in [0.2, 0.25) is 0 Å². The Hall–Kier alpha value is -5.08. The number of carbonyl (C=O) groups excluding carboxylic acids is 2. The van der Waals surface area contributed by atoms with E-state index in [-0.39, 0.29) is 58.4 Å². The van der Waals surface area contributed by atoms with Crippen LogP contribution in [0.3, 0.4) is 0 Å². The zero-order valence-electron chi connectivity index (χ0n) is 29.7. The largest absolute Gasteiger partial charge is 0.504 e. The number of methoxy groups -OCH3 is 1. The van der Waals surface area contributed by atoms with E-state index in [1.165, 1.54) is 18.2 Å². The van der Waals surface area contributed by atoms with Gasteiger partial charge in [0.1, 0.15) is 18.6 Å². The molecule has 2 amide bonds. The molecule has 15 nitrogen and oxygen atoms in total. The van der Waals surface area contributed by atoms with Crippen LogP contribution in [0.25, 0.3) is 16.9 Å². The monoisotopic (exact) mass is 696 g/mol. The summed E-state index contributed by atoms with van der Waals surface area (Å²) in [5.41, 5.74) is 2.48. The number of anilines is 1. The molecule has 4 saturated carbocycles. The van der Waals surface area contributed by atoms with Gasteiger partial charge in [-0.25, -0.2) is 15.0 Å². The van der Waals surface area contributed by atoms with Gasteiger partial charge in [0.25, 0.3) is 5.91 Å². The first-order chi connectivity index (χ1) is 24.5. The molecule has 5 aliphatic rings. The van der Waals surface area contributed by atoms with Gasteiger partial charge in [0.15, 0.2) is 22.6 Å². The van der Waals surface area contributed by atoms with E-state index in [1.54, 1.807) is 30.2 Å². The zero-order chi connectivity index (χ0) is 35.8. The number of carbonyl (C=O) groups is 2. The number of aromatic nitrogens is 7. The molecule has 9 rings (SSSR count). The molecule has 4 aromatic heterocycles. The Morgan fingerprint density at radius 1 is 1.10 bits per heavy atom. The molecule has 0 spiro atoms. The predicted molar refractivity (Wildman–Crippen MR) is 187 cm³/mol. The number of nitrogens with one attached hydrogen (secondary N) is 1. The summed E-state index contributed by atoms with van der Waals surface area (Å²) >= 11 is 0. The fourth-order valence-electron chi connectivity index (χ4n) is 9.28. The molecule has 2 bridgehead atoms. The first kappa shape index (κ1) is 33.1. The van der Waals surface area contributed by atoms with E-state index in [0.29, 0.717) is 65.1 Å². The number of amides is 2. The molecule has 51 heavy (non-hydrogen) atoms. The van der Waals surface area contributed by atoms with Crippen molar-refractivity contribution in [3.8, 4) is 17.3 Å². The number of ether oxygens (including phenoxy) is 1. The van der Waals surface area contributed by atoms with Crippen LogP contribution in [0.5, 0.6) is 11.6 Å². The number of nitrogens with zero attached hydrogens (tertiary/aromatic N) is 9. The van der Waals surface area contributed by atoms with Crippen LogP contribution in [0.15, 0.2) is 29.5 Å². The van der Waals surface area contributed by atoms with E-state index in [9.17, 15) is 19.5 Å². The van der Waals surface area contributed by atoms with Crippen LogP contribution in [-0.2, 0) is 17.8 Å². The van der Waals surface area contributed by atoms with Gasteiger partial charge in [0.2, 0.25) is 17.2 Å². The van der Waals surface area contributed by atoms with E-state index in [0.717, 1.165) is 38.5 Å². The summed E-state index contributed by atoms with van der Waals surface area (Å²) in [6.07, 6.45) is 8.71. The Morgan fingerprint density at radius 2 is 1.86 bits per heavy atom. The molecule has 268 valence electrons. The summed E-state index contributed by atoms with van der Waals surface area (Å²) in [6.45, 7) is 8.82. The van der Waals surface area contributed by atoms with E-state index in [2.05, 4.69) is 39.0 Å². The molecule has 1 aliphatic heterocycles. The third kappa shape index (κ3) is 5.14. The van der Waals surface area contributed by atoms with Crippen LogP contribution in [-0.4, -0.2) is 94.2 Å². The summed E-state index contributed by atoms with van der Waals surface area (Å²) < 4.78 is 7.18. The third-order valence-electron chi connectivity index (χ3n) is 12.0. The highest BCUT2D eigenvalue weighted by molar-refractivity contribution is 5.95. The average molecular weight is 697 g/mol. The van der Waals surface area contributed by atoms with Crippen molar-refractivity contribution in [2.24, 2.45) is 11.3 Å². The van der Waals surface area contributed by atoms with Gasteiger partial charge in [-0.2, -0.15) is 0 Å². The maximum atomic E-state index is 14.7. The molecular formula is C36H44N10O5. The van der Waals surface area contributed by atoms with Crippen LogP contribution >= 0.6 is 0 Å². The Morgan fingerprint density at radius 3 is 2.59 bits per heavy atom. The molecule has 5 fully saturated rings. The number of hydrogen-bond acceptors (Lipinski definition) is 11. The van der Waals surface area contributed by atoms with E-state index >= 15 is 0 Å². The molecule has 2 atom stereocenters. The van der Waals surface area contributed by atoms with Gasteiger partial charge in [-0.1, -0.05) is 20.8 Å². The van der Waals surface area contributed by atoms with Gasteiger partial charge < -0.3 is 29.5 Å². The Bertz CT molecular complexity index is 2110. The minimum absolute atomic E-state index is 0.0133. The Balaban J connectivity index is 1.19. The second-order valence-electron chi connectivity index (χ2n) is 15.1. The average Bonchev–Trinajstić information content (AvgIpc) is 3.76. The Kier molecular flexibility index (Phi) is 7.79. The lowest BCUT2D eigenvalue weighted by molar-refractivity contribution is -0.187. The fourth-order valence-corrected chi connectivity index (χ4v) is 9.28. The summed E-state index contributed by atoms with van der Waals surface area (Å²) in [7, 11) is 1.52. The molecule has 1 saturated heterocycles. The molecule has 15 heteroatoms. The number of piperazine rings is 1. The number of hydrogen-bond donors (Lipinski definition) is 2. The van der Waals surface area contributed by atoms with Gasteiger partial charge in [-0.05, 0) is 69.3 Å². The SMILES string of the molecule is CCc1c(N2CCN(C(=O)c3ncnc(C)c3O)C3CCC[C@H]32)c(=O)c2nn(-c3ccnc(OC)c3)nc2n1CC(=O)NC12CC(C(C)C)(C1)C2. The molecule has 2 N–H and O–H groups in total. The first-order valence-corrected chi connectivity index (χ1v) is 17.9. The van der Waals surface area contributed by atoms with Gasteiger partial charge in [-0.15, -0.1) is 15.0 Å². The van der Waals surface area contributed by atoms with Crippen molar-refractivity contribution in [1.29, 1.82) is 0 Å². The smallest absolute Gasteiger partial charge is 0.276 e.